The Balaban J connectivity index is 1.36. The Morgan fingerprint density at radius 2 is 2.10 bits per heavy atom. The highest BCUT2D eigenvalue weighted by Crippen LogP contribution is 2.52. The lowest BCUT2D eigenvalue weighted by atomic mass is 9.85. The van der Waals surface area contributed by atoms with Gasteiger partial charge < -0.3 is 9.64 Å². The van der Waals surface area contributed by atoms with Crippen LogP contribution in [0.15, 0.2) is 54.6 Å². The van der Waals surface area contributed by atoms with Gasteiger partial charge in [0, 0.05) is 35.6 Å². The van der Waals surface area contributed by atoms with E-state index in [0.717, 1.165) is 54.3 Å². The summed E-state index contributed by atoms with van der Waals surface area (Å²) in [7, 11) is 1.70. The molecule has 3 aliphatic heterocycles. The van der Waals surface area contributed by atoms with Crippen LogP contribution < -0.4 is 4.74 Å². The van der Waals surface area contributed by atoms with Crippen molar-refractivity contribution in [2.45, 2.75) is 37.4 Å². The monoisotopic (exact) mass is 422 g/mol. The van der Waals surface area contributed by atoms with Crippen LogP contribution in [-0.2, 0) is 11.3 Å². The molecule has 2 aromatic rings. The molecular formula is C25H27ClN2O2. The quantitative estimate of drug-likeness (QED) is 0.704. The van der Waals surface area contributed by atoms with Crippen LogP contribution >= 0.6 is 11.6 Å². The van der Waals surface area contributed by atoms with E-state index < -0.39 is 0 Å². The number of benzene rings is 2. The fraction of sp³-hybridized carbons (Fsp3) is 0.400. The summed E-state index contributed by atoms with van der Waals surface area (Å²) in [4.78, 5) is 18.1. The summed E-state index contributed by atoms with van der Waals surface area (Å²) in [5.74, 6) is 1.57. The molecule has 0 N–H and O–H groups in total. The van der Waals surface area contributed by atoms with Crippen molar-refractivity contribution in [3.05, 3.63) is 70.8 Å². The minimum Gasteiger partial charge on any atom is -0.496 e. The lowest BCUT2D eigenvalue weighted by Crippen LogP contribution is -2.50. The summed E-state index contributed by atoms with van der Waals surface area (Å²) < 4.78 is 5.48. The van der Waals surface area contributed by atoms with Crippen LogP contribution in [0.2, 0.25) is 5.02 Å². The molecule has 0 radical (unpaired) electrons. The molecule has 2 aromatic carbocycles. The fourth-order valence-electron chi connectivity index (χ4n) is 5.82. The van der Waals surface area contributed by atoms with Crippen LogP contribution in [0.4, 0.5) is 0 Å². The molecule has 30 heavy (non-hydrogen) atoms. The van der Waals surface area contributed by atoms with E-state index in [1.54, 1.807) is 7.11 Å². The van der Waals surface area contributed by atoms with E-state index >= 15 is 0 Å². The van der Waals surface area contributed by atoms with Crippen LogP contribution in [-0.4, -0.2) is 47.5 Å². The zero-order valence-electron chi connectivity index (χ0n) is 17.3. The van der Waals surface area contributed by atoms with Crippen molar-refractivity contribution in [2.24, 2.45) is 5.92 Å². The molecule has 1 amide bonds. The molecule has 5 heteroatoms. The summed E-state index contributed by atoms with van der Waals surface area (Å²) in [6.07, 6.45) is 7.53. The largest absolute Gasteiger partial charge is 0.496 e. The standard InChI is InChI=1S/C25H27ClN2O2/c1-30-23-9-3-2-7-19(23)10-11-22-15-20-17-27(16-18-6-4-8-21(26)14-18)24(29)25(20)12-5-13-28(22)25/h2-4,6-11,14,20,22H,5,12-13,15-17H2,1H3/t20-,22+,25-/m0/s1. The molecular weight excluding hydrogens is 396 g/mol. The maximum absolute atomic E-state index is 13.6. The van der Waals surface area contributed by atoms with Gasteiger partial charge in [0.05, 0.1) is 7.11 Å². The van der Waals surface area contributed by atoms with Crippen LogP contribution in [0.5, 0.6) is 5.75 Å². The van der Waals surface area contributed by atoms with Gasteiger partial charge in [0.25, 0.3) is 0 Å². The lowest BCUT2D eigenvalue weighted by Gasteiger charge is -2.32. The number of hydrogen-bond acceptors (Lipinski definition) is 3. The summed E-state index contributed by atoms with van der Waals surface area (Å²) >= 11 is 6.15. The van der Waals surface area contributed by atoms with Gasteiger partial charge in [-0.3, -0.25) is 9.69 Å². The highest BCUT2D eigenvalue weighted by atomic mass is 35.5. The molecule has 3 aliphatic rings. The zero-order valence-corrected chi connectivity index (χ0v) is 18.0. The number of rotatable bonds is 5. The molecule has 3 heterocycles. The molecule has 0 bridgehead atoms. The Morgan fingerprint density at radius 3 is 2.93 bits per heavy atom. The van der Waals surface area contributed by atoms with E-state index in [9.17, 15) is 4.79 Å². The molecule has 4 nitrogen and oxygen atoms in total. The van der Waals surface area contributed by atoms with Gasteiger partial charge in [0.15, 0.2) is 0 Å². The number of carbonyl (C=O) groups is 1. The Labute approximate surface area is 183 Å². The molecule has 156 valence electrons. The third-order valence-corrected chi connectivity index (χ3v) is 7.30. The predicted octanol–water partition coefficient (Wildman–Crippen LogP) is 4.63. The molecule has 3 fully saturated rings. The molecule has 5 rings (SSSR count). The number of halogens is 1. The molecule has 1 spiro atoms. The summed E-state index contributed by atoms with van der Waals surface area (Å²) in [6.45, 7) is 2.47. The minimum atomic E-state index is -0.311. The zero-order chi connectivity index (χ0) is 20.7. The van der Waals surface area contributed by atoms with Gasteiger partial charge in [-0.2, -0.15) is 0 Å². The average Bonchev–Trinajstić information content (AvgIpc) is 3.38. The van der Waals surface area contributed by atoms with Crippen LogP contribution in [0.3, 0.4) is 0 Å². The highest BCUT2D eigenvalue weighted by Gasteiger charge is 2.64. The van der Waals surface area contributed by atoms with Crippen molar-refractivity contribution >= 4 is 23.6 Å². The molecule has 0 saturated carbocycles. The average molecular weight is 423 g/mol. The Hall–Kier alpha value is -2.30. The van der Waals surface area contributed by atoms with Crippen molar-refractivity contribution in [3.8, 4) is 5.75 Å². The van der Waals surface area contributed by atoms with Crippen molar-refractivity contribution in [3.63, 3.8) is 0 Å². The number of methoxy groups -OCH3 is 1. The Kier molecular flexibility index (Phi) is 5.08. The number of ether oxygens (including phenoxy) is 1. The topological polar surface area (TPSA) is 32.8 Å². The van der Waals surface area contributed by atoms with Crippen LogP contribution in [0.25, 0.3) is 6.08 Å². The molecule has 0 aliphatic carbocycles. The van der Waals surface area contributed by atoms with Gasteiger partial charge in [0.2, 0.25) is 5.91 Å². The van der Waals surface area contributed by atoms with Gasteiger partial charge in [0.1, 0.15) is 11.3 Å². The van der Waals surface area contributed by atoms with Gasteiger partial charge in [-0.05, 0) is 49.6 Å². The number of nitrogens with zero attached hydrogens (tertiary/aromatic N) is 2. The summed E-state index contributed by atoms with van der Waals surface area (Å²) in [6, 6.07) is 16.2. The minimum absolute atomic E-state index is 0.304. The van der Waals surface area contributed by atoms with Gasteiger partial charge >= 0.3 is 0 Å². The highest BCUT2D eigenvalue weighted by molar-refractivity contribution is 6.30. The third-order valence-electron chi connectivity index (χ3n) is 7.07. The van der Waals surface area contributed by atoms with E-state index in [4.69, 9.17) is 16.3 Å². The number of carbonyl (C=O) groups excluding carboxylic acids is 1. The van der Waals surface area contributed by atoms with Gasteiger partial charge in [-0.1, -0.05) is 54.1 Å². The number of likely N-dealkylation sites (tertiary alicyclic amines) is 1. The first-order chi connectivity index (χ1) is 14.6. The normalized spacial score (nSPS) is 28.3. The first-order valence-electron chi connectivity index (χ1n) is 10.7. The van der Waals surface area contributed by atoms with Crippen LogP contribution in [0.1, 0.15) is 30.4 Å². The van der Waals surface area contributed by atoms with E-state index in [2.05, 4.69) is 34.1 Å². The second-order valence-corrected chi connectivity index (χ2v) is 9.07. The van der Waals surface area contributed by atoms with Crippen LogP contribution in [0, 0.1) is 5.92 Å². The lowest BCUT2D eigenvalue weighted by molar-refractivity contribution is -0.137. The van der Waals surface area contributed by atoms with E-state index in [-0.39, 0.29) is 5.54 Å². The van der Waals surface area contributed by atoms with Crippen molar-refractivity contribution in [1.82, 2.24) is 9.80 Å². The van der Waals surface area contributed by atoms with Gasteiger partial charge in [-0.15, -0.1) is 0 Å². The van der Waals surface area contributed by atoms with Gasteiger partial charge in [-0.25, -0.2) is 0 Å². The third kappa shape index (κ3) is 3.14. The second kappa shape index (κ2) is 7.75. The smallest absolute Gasteiger partial charge is 0.243 e. The Morgan fingerprint density at radius 1 is 1.23 bits per heavy atom. The van der Waals surface area contributed by atoms with E-state index in [1.807, 2.05) is 36.4 Å². The molecule has 3 atom stereocenters. The first kappa shape index (κ1) is 19.7. The maximum Gasteiger partial charge on any atom is 0.243 e. The van der Waals surface area contributed by atoms with E-state index in [0.29, 0.717) is 24.4 Å². The Bertz CT molecular complexity index is 991. The number of hydrogen-bond donors (Lipinski definition) is 0. The van der Waals surface area contributed by atoms with E-state index in [1.165, 1.54) is 0 Å². The molecule has 3 saturated heterocycles. The summed E-state index contributed by atoms with van der Waals surface area (Å²) in [5.41, 5.74) is 1.87. The SMILES string of the molecule is COc1ccccc1C=C[C@@H]1C[C@H]2CN(Cc3cccc(Cl)c3)C(=O)[C@]23CCCN13. The molecule has 0 aromatic heterocycles. The summed E-state index contributed by atoms with van der Waals surface area (Å²) in [5, 5.41) is 0.724. The molecule has 0 unspecified atom stereocenters. The first-order valence-corrected chi connectivity index (χ1v) is 11.1. The fourth-order valence-corrected chi connectivity index (χ4v) is 6.04. The maximum atomic E-state index is 13.6. The number of para-hydroxylation sites is 1. The predicted molar refractivity (Wildman–Crippen MR) is 119 cm³/mol. The second-order valence-electron chi connectivity index (χ2n) is 8.64. The van der Waals surface area contributed by atoms with Crippen molar-refractivity contribution in [2.75, 3.05) is 20.2 Å². The van der Waals surface area contributed by atoms with Crippen molar-refractivity contribution < 1.29 is 9.53 Å². The number of amides is 1. The van der Waals surface area contributed by atoms with Crippen molar-refractivity contribution in [1.29, 1.82) is 0 Å².